The maximum atomic E-state index is 13.5. The van der Waals surface area contributed by atoms with Crippen LogP contribution in [0.4, 0.5) is 5.82 Å². The van der Waals surface area contributed by atoms with Gasteiger partial charge in [-0.2, -0.15) is 0 Å². The molecule has 4 heterocycles. The summed E-state index contributed by atoms with van der Waals surface area (Å²) < 4.78 is 0. The van der Waals surface area contributed by atoms with Crippen LogP contribution in [0.5, 0.6) is 0 Å². The van der Waals surface area contributed by atoms with E-state index in [0.29, 0.717) is 30.2 Å². The molecule has 0 spiro atoms. The van der Waals surface area contributed by atoms with Gasteiger partial charge in [-0.15, -0.1) is 0 Å². The van der Waals surface area contributed by atoms with Gasteiger partial charge in [-0.05, 0) is 37.9 Å². The van der Waals surface area contributed by atoms with E-state index in [4.69, 9.17) is 4.98 Å². The third kappa shape index (κ3) is 3.64. The number of pyridine rings is 1. The van der Waals surface area contributed by atoms with E-state index in [0.717, 1.165) is 40.6 Å². The van der Waals surface area contributed by atoms with E-state index in [1.807, 2.05) is 43.0 Å². The van der Waals surface area contributed by atoms with Gasteiger partial charge < -0.3 is 20.1 Å². The molecule has 2 N–H and O–H groups in total. The average molecular weight is 431 g/mol. The van der Waals surface area contributed by atoms with Crippen molar-refractivity contribution in [1.82, 2.24) is 34.7 Å². The number of fused-ring (bicyclic) bond motifs is 2. The Morgan fingerprint density at radius 1 is 1.16 bits per heavy atom. The summed E-state index contributed by atoms with van der Waals surface area (Å²) in [5, 5.41) is 5.33. The normalized spacial score (nSPS) is 15.9. The molecule has 3 aromatic heterocycles. The van der Waals surface area contributed by atoms with Crippen LogP contribution in [-0.2, 0) is 0 Å². The smallest absolute Gasteiger partial charge is 0.273 e. The SMILES string of the molecule is Cc1cccc2cc([C@H](C)Nc3ncnc4nc[nH]c34)nc(C(=O)N3CCN(C)CC3)c12. The van der Waals surface area contributed by atoms with Crippen LogP contribution < -0.4 is 5.32 Å². The molecule has 1 amide bonds. The van der Waals surface area contributed by atoms with Crippen molar-refractivity contribution in [2.75, 3.05) is 38.5 Å². The topological polar surface area (TPSA) is 103 Å². The molecule has 0 aliphatic carbocycles. The number of anilines is 1. The lowest BCUT2D eigenvalue weighted by atomic mass is 10.0. The van der Waals surface area contributed by atoms with E-state index < -0.39 is 0 Å². The lowest BCUT2D eigenvalue weighted by molar-refractivity contribution is 0.0660. The van der Waals surface area contributed by atoms with E-state index >= 15 is 0 Å². The number of carbonyl (C=O) groups is 1. The van der Waals surface area contributed by atoms with Crippen molar-refractivity contribution in [3.63, 3.8) is 0 Å². The van der Waals surface area contributed by atoms with Gasteiger partial charge in [-0.3, -0.25) is 4.79 Å². The van der Waals surface area contributed by atoms with E-state index in [1.165, 1.54) is 6.33 Å². The van der Waals surface area contributed by atoms with E-state index in [-0.39, 0.29) is 11.9 Å². The standard InChI is InChI=1S/C23H26N8O/c1-14-5-4-6-16-11-17(15(2)28-22-20-21(25-12-24-20)26-13-27-22)29-19(18(14)16)23(32)31-9-7-30(3)8-10-31/h4-6,11-13,15H,7-10H2,1-3H3,(H2,24,25,26,27,28)/t15-/m0/s1. The number of aromatic amines is 1. The minimum atomic E-state index is -0.180. The van der Waals surface area contributed by atoms with Gasteiger partial charge in [0.2, 0.25) is 0 Å². The molecule has 5 rings (SSSR count). The zero-order valence-electron chi connectivity index (χ0n) is 18.5. The fourth-order valence-corrected chi connectivity index (χ4v) is 4.20. The molecule has 1 aliphatic heterocycles. The van der Waals surface area contributed by atoms with Gasteiger partial charge in [0.05, 0.1) is 18.1 Å². The molecule has 1 atom stereocenters. The van der Waals surface area contributed by atoms with Gasteiger partial charge in [-0.1, -0.05) is 18.2 Å². The van der Waals surface area contributed by atoms with Crippen LogP contribution in [0.25, 0.3) is 21.9 Å². The largest absolute Gasteiger partial charge is 0.360 e. The number of nitrogens with one attached hydrogen (secondary N) is 2. The van der Waals surface area contributed by atoms with Gasteiger partial charge in [-0.25, -0.2) is 19.9 Å². The Kier molecular flexibility index (Phi) is 5.18. The van der Waals surface area contributed by atoms with Crippen molar-refractivity contribution in [2.24, 2.45) is 0 Å². The number of amides is 1. The highest BCUT2D eigenvalue weighted by Gasteiger charge is 2.25. The number of H-pyrrole nitrogens is 1. The van der Waals surface area contributed by atoms with Gasteiger partial charge >= 0.3 is 0 Å². The first-order valence-electron chi connectivity index (χ1n) is 10.8. The van der Waals surface area contributed by atoms with Crippen molar-refractivity contribution < 1.29 is 4.79 Å². The third-order valence-electron chi connectivity index (χ3n) is 6.10. The number of rotatable bonds is 4. The second kappa shape index (κ2) is 8.16. The number of nitrogens with zero attached hydrogens (tertiary/aromatic N) is 6. The number of aryl methyl sites for hydroxylation is 1. The van der Waals surface area contributed by atoms with Crippen molar-refractivity contribution >= 4 is 33.7 Å². The lowest BCUT2D eigenvalue weighted by Crippen LogP contribution is -2.47. The number of hydrogen-bond donors (Lipinski definition) is 2. The lowest BCUT2D eigenvalue weighted by Gasteiger charge is -2.32. The second-order valence-electron chi connectivity index (χ2n) is 8.35. The minimum Gasteiger partial charge on any atom is -0.360 e. The van der Waals surface area contributed by atoms with Crippen LogP contribution in [0, 0.1) is 6.92 Å². The third-order valence-corrected chi connectivity index (χ3v) is 6.10. The van der Waals surface area contributed by atoms with Gasteiger partial charge in [0.15, 0.2) is 11.5 Å². The summed E-state index contributed by atoms with van der Waals surface area (Å²) in [4.78, 5) is 38.4. The molecule has 0 unspecified atom stereocenters. The molecule has 1 saturated heterocycles. The number of piperazine rings is 1. The monoisotopic (exact) mass is 430 g/mol. The maximum absolute atomic E-state index is 13.5. The number of hydrogen-bond acceptors (Lipinski definition) is 7. The Labute approximate surface area is 185 Å². The molecule has 1 aromatic carbocycles. The maximum Gasteiger partial charge on any atom is 0.273 e. The highest BCUT2D eigenvalue weighted by molar-refractivity contribution is 6.06. The molecular formula is C23H26N8O. The molecule has 0 saturated carbocycles. The fourth-order valence-electron chi connectivity index (χ4n) is 4.20. The first-order chi connectivity index (χ1) is 15.5. The molecule has 9 heteroatoms. The summed E-state index contributed by atoms with van der Waals surface area (Å²) in [5.41, 5.74) is 3.69. The van der Waals surface area contributed by atoms with Crippen molar-refractivity contribution in [3.8, 4) is 0 Å². The zero-order valence-corrected chi connectivity index (χ0v) is 18.5. The summed E-state index contributed by atoms with van der Waals surface area (Å²) in [7, 11) is 2.08. The van der Waals surface area contributed by atoms with Crippen LogP contribution in [0.15, 0.2) is 36.9 Å². The summed E-state index contributed by atoms with van der Waals surface area (Å²) in [6, 6.07) is 7.95. The molecule has 164 valence electrons. The van der Waals surface area contributed by atoms with Crippen LogP contribution in [0.2, 0.25) is 0 Å². The number of benzene rings is 1. The summed E-state index contributed by atoms with van der Waals surface area (Å²) in [6.45, 7) is 7.20. The average Bonchev–Trinajstić information content (AvgIpc) is 3.28. The summed E-state index contributed by atoms with van der Waals surface area (Å²) >= 11 is 0. The highest BCUT2D eigenvalue weighted by atomic mass is 16.2. The molecule has 1 fully saturated rings. The molecule has 0 radical (unpaired) electrons. The van der Waals surface area contributed by atoms with E-state index in [1.54, 1.807) is 6.33 Å². The van der Waals surface area contributed by atoms with Crippen LogP contribution in [0.1, 0.15) is 34.7 Å². The Balaban J connectivity index is 1.54. The Morgan fingerprint density at radius 3 is 2.78 bits per heavy atom. The van der Waals surface area contributed by atoms with Crippen molar-refractivity contribution in [1.29, 1.82) is 0 Å². The number of aromatic nitrogens is 5. The number of carbonyl (C=O) groups excluding carboxylic acids is 1. The van der Waals surface area contributed by atoms with Gasteiger partial charge in [0, 0.05) is 31.6 Å². The minimum absolute atomic E-state index is 0.00977. The van der Waals surface area contributed by atoms with Crippen molar-refractivity contribution in [3.05, 3.63) is 53.9 Å². The van der Waals surface area contributed by atoms with Crippen LogP contribution in [0.3, 0.4) is 0 Å². The summed E-state index contributed by atoms with van der Waals surface area (Å²) in [6.07, 6.45) is 3.08. The molecule has 32 heavy (non-hydrogen) atoms. The van der Waals surface area contributed by atoms with Crippen molar-refractivity contribution in [2.45, 2.75) is 19.9 Å². The highest BCUT2D eigenvalue weighted by Crippen LogP contribution is 2.28. The molecule has 1 aliphatic rings. The predicted octanol–water partition coefficient (Wildman–Crippen LogP) is 2.77. The number of imidazole rings is 1. The Bertz CT molecular complexity index is 1290. The number of likely N-dealkylation sites (N-methyl/N-ethyl adjacent to an activating group) is 1. The predicted molar refractivity (Wildman–Crippen MR) is 124 cm³/mol. The summed E-state index contributed by atoms with van der Waals surface area (Å²) in [5.74, 6) is 0.641. The molecule has 9 nitrogen and oxygen atoms in total. The van der Waals surface area contributed by atoms with Gasteiger partial charge in [0.25, 0.3) is 5.91 Å². The Morgan fingerprint density at radius 2 is 1.97 bits per heavy atom. The zero-order chi connectivity index (χ0) is 22.2. The Hall–Kier alpha value is -3.59. The molecular weight excluding hydrogens is 404 g/mol. The van der Waals surface area contributed by atoms with E-state index in [9.17, 15) is 4.79 Å². The molecule has 4 aromatic rings. The van der Waals surface area contributed by atoms with Crippen LogP contribution in [-0.4, -0.2) is 73.9 Å². The van der Waals surface area contributed by atoms with Crippen LogP contribution >= 0.6 is 0 Å². The van der Waals surface area contributed by atoms with Gasteiger partial charge in [0.1, 0.15) is 17.5 Å². The second-order valence-corrected chi connectivity index (χ2v) is 8.35. The first-order valence-corrected chi connectivity index (χ1v) is 10.8. The first kappa shape index (κ1) is 20.3. The fraction of sp³-hybridized carbons (Fsp3) is 0.348. The molecule has 0 bridgehead atoms. The quantitative estimate of drug-likeness (QED) is 0.513. The van der Waals surface area contributed by atoms with E-state index in [2.05, 4.69) is 37.2 Å².